The van der Waals surface area contributed by atoms with Gasteiger partial charge in [-0.05, 0) is 36.1 Å². The first-order valence-electron chi connectivity index (χ1n) is 6.44. The van der Waals surface area contributed by atoms with Gasteiger partial charge in [0.25, 0.3) is 0 Å². The van der Waals surface area contributed by atoms with E-state index in [4.69, 9.17) is 10.5 Å². The summed E-state index contributed by atoms with van der Waals surface area (Å²) >= 11 is 1.87. The van der Waals surface area contributed by atoms with Gasteiger partial charge in [-0.2, -0.15) is 0 Å². The van der Waals surface area contributed by atoms with Gasteiger partial charge in [-0.1, -0.05) is 27.7 Å². The lowest BCUT2D eigenvalue weighted by atomic mass is 9.87. The van der Waals surface area contributed by atoms with Crippen LogP contribution in [0, 0.1) is 5.41 Å². The van der Waals surface area contributed by atoms with E-state index in [0.717, 1.165) is 12.2 Å². The summed E-state index contributed by atoms with van der Waals surface area (Å²) in [6.45, 7) is 8.91. The van der Waals surface area contributed by atoms with Gasteiger partial charge in [0.1, 0.15) is 5.75 Å². The summed E-state index contributed by atoms with van der Waals surface area (Å²) in [7, 11) is 1.69. The van der Waals surface area contributed by atoms with Crippen molar-refractivity contribution in [2.45, 2.75) is 50.3 Å². The van der Waals surface area contributed by atoms with Gasteiger partial charge < -0.3 is 10.5 Å². The van der Waals surface area contributed by atoms with Gasteiger partial charge in [0, 0.05) is 16.2 Å². The van der Waals surface area contributed by atoms with Crippen molar-refractivity contribution in [3.63, 3.8) is 0 Å². The van der Waals surface area contributed by atoms with Gasteiger partial charge in [-0.25, -0.2) is 0 Å². The second kappa shape index (κ2) is 6.48. The number of methoxy groups -OCH3 is 1. The Balaban J connectivity index is 2.82. The number of ether oxygens (including phenoxy) is 1. The van der Waals surface area contributed by atoms with Crippen LogP contribution in [-0.2, 0) is 0 Å². The molecule has 102 valence electrons. The molecule has 2 nitrogen and oxygen atoms in total. The lowest BCUT2D eigenvalue weighted by molar-refractivity contribution is 0.350. The topological polar surface area (TPSA) is 35.2 Å². The fraction of sp³-hybridized carbons (Fsp3) is 0.600. The molecule has 0 saturated heterocycles. The Kier molecular flexibility index (Phi) is 5.54. The van der Waals surface area contributed by atoms with E-state index in [1.54, 1.807) is 7.11 Å². The summed E-state index contributed by atoms with van der Waals surface area (Å²) in [5.74, 6) is 0.895. The average Bonchev–Trinajstić information content (AvgIpc) is 2.34. The Labute approximate surface area is 115 Å². The number of nitrogens with two attached hydrogens (primary N) is 1. The van der Waals surface area contributed by atoms with Crippen molar-refractivity contribution in [3.05, 3.63) is 24.3 Å². The minimum absolute atomic E-state index is 0.194. The molecule has 0 aliphatic rings. The van der Waals surface area contributed by atoms with Crippen molar-refractivity contribution in [3.8, 4) is 5.75 Å². The van der Waals surface area contributed by atoms with Crippen LogP contribution >= 0.6 is 11.8 Å². The molecule has 0 aliphatic heterocycles. The van der Waals surface area contributed by atoms with Gasteiger partial charge in [-0.15, -0.1) is 11.8 Å². The highest BCUT2D eigenvalue weighted by Crippen LogP contribution is 2.38. The number of hydrogen-bond donors (Lipinski definition) is 1. The monoisotopic (exact) mass is 267 g/mol. The van der Waals surface area contributed by atoms with Crippen molar-refractivity contribution in [2.75, 3.05) is 7.11 Å². The van der Waals surface area contributed by atoms with Crippen molar-refractivity contribution >= 4 is 11.8 Å². The molecule has 0 heterocycles. The van der Waals surface area contributed by atoms with Crippen molar-refractivity contribution in [2.24, 2.45) is 11.1 Å². The molecule has 3 heteroatoms. The minimum Gasteiger partial charge on any atom is -0.497 e. The molecule has 0 aromatic heterocycles. The van der Waals surface area contributed by atoms with Crippen LogP contribution in [0.3, 0.4) is 0 Å². The van der Waals surface area contributed by atoms with Gasteiger partial charge in [-0.3, -0.25) is 0 Å². The molecule has 2 atom stereocenters. The Morgan fingerprint density at radius 1 is 1.22 bits per heavy atom. The summed E-state index contributed by atoms with van der Waals surface area (Å²) in [5, 5.41) is 0.413. The largest absolute Gasteiger partial charge is 0.497 e. The fourth-order valence-electron chi connectivity index (χ4n) is 1.92. The molecule has 1 aromatic carbocycles. The summed E-state index contributed by atoms with van der Waals surface area (Å²) in [6, 6.07) is 8.42. The zero-order valence-electron chi connectivity index (χ0n) is 12.1. The van der Waals surface area contributed by atoms with Crippen LogP contribution in [0.2, 0.25) is 0 Å². The molecule has 0 aliphatic carbocycles. The summed E-state index contributed by atoms with van der Waals surface area (Å²) in [5.41, 5.74) is 6.46. The third-order valence-electron chi connectivity index (χ3n) is 3.04. The number of hydrogen-bond acceptors (Lipinski definition) is 3. The highest BCUT2D eigenvalue weighted by atomic mass is 32.2. The first kappa shape index (κ1) is 15.4. The van der Waals surface area contributed by atoms with Crippen LogP contribution in [0.4, 0.5) is 0 Å². The minimum atomic E-state index is 0.194. The maximum Gasteiger partial charge on any atom is 0.118 e. The molecule has 0 saturated carbocycles. The van der Waals surface area contributed by atoms with Crippen molar-refractivity contribution in [1.29, 1.82) is 0 Å². The number of thioether (sulfide) groups is 1. The third kappa shape index (κ3) is 4.21. The third-order valence-corrected chi connectivity index (χ3v) is 4.89. The standard InChI is InChI=1S/C15H25NOS/c1-6-13(16)14(15(2,3)4)18-12-9-7-11(17-5)8-10-12/h7-10,13-14H,6,16H2,1-5H3. The molecular weight excluding hydrogens is 242 g/mol. The molecule has 1 rings (SSSR count). The number of rotatable bonds is 5. The first-order chi connectivity index (χ1) is 8.38. The normalized spacial score (nSPS) is 15.2. The molecule has 18 heavy (non-hydrogen) atoms. The zero-order chi connectivity index (χ0) is 13.8. The maximum atomic E-state index is 6.26. The molecule has 0 spiro atoms. The molecule has 0 radical (unpaired) electrons. The molecule has 0 amide bonds. The molecule has 0 fully saturated rings. The van der Waals surface area contributed by atoms with Gasteiger partial charge in [0.05, 0.1) is 7.11 Å². The van der Waals surface area contributed by atoms with E-state index < -0.39 is 0 Å². The van der Waals surface area contributed by atoms with E-state index in [0.29, 0.717) is 5.25 Å². The molecule has 2 N–H and O–H groups in total. The van der Waals surface area contributed by atoms with E-state index >= 15 is 0 Å². The maximum absolute atomic E-state index is 6.26. The Morgan fingerprint density at radius 3 is 2.17 bits per heavy atom. The summed E-state index contributed by atoms with van der Waals surface area (Å²) in [6.07, 6.45) is 1.01. The second-order valence-corrected chi connectivity index (χ2v) is 6.87. The first-order valence-corrected chi connectivity index (χ1v) is 7.32. The van der Waals surface area contributed by atoms with Crippen LogP contribution in [-0.4, -0.2) is 18.4 Å². The smallest absolute Gasteiger partial charge is 0.118 e. The van der Waals surface area contributed by atoms with E-state index in [-0.39, 0.29) is 11.5 Å². The Bertz CT molecular complexity index is 356. The van der Waals surface area contributed by atoms with Crippen LogP contribution in [0.15, 0.2) is 29.2 Å². The quantitative estimate of drug-likeness (QED) is 0.821. The Morgan fingerprint density at radius 2 is 1.78 bits per heavy atom. The fourth-order valence-corrected chi connectivity index (χ4v) is 3.23. The predicted molar refractivity (Wildman–Crippen MR) is 80.4 cm³/mol. The molecular formula is C15H25NOS. The highest BCUT2D eigenvalue weighted by Gasteiger charge is 2.30. The summed E-state index contributed by atoms with van der Waals surface area (Å²) in [4.78, 5) is 1.25. The van der Waals surface area contributed by atoms with Gasteiger partial charge >= 0.3 is 0 Å². The summed E-state index contributed by atoms with van der Waals surface area (Å²) < 4.78 is 5.18. The van der Waals surface area contributed by atoms with Gasteiger partial charge in [0.2, 0.25) is 0 Å². The van der Waals surface area contributed by atoms with Crippen LogP contribution in [0.1, 0.15) is 34.1 Å². The molecule has 0 bridgehead atoms. The van der Waals surface area contributed by atoms with E-state index in [2.05, 4.69) is 39.8 Å². The van der Waals surface area contributed by atoms with Crippen molar-refractivity contribution < 1.29 is 4.74 Å². The van der Waals surface area contributed by atoms with E-state index in [1.807, 2.05) is 23.9 Å². The highest BCUT2D eigenvalue weighted by molar-refractivity contribution is 8.00. The van der Waals surface area contributed by atoms with Gasteiger partial charge in [0.15, 0.2) is 0 Å². The van der Waals surface area contributed by atoms with E-state index in [9.17, 15) is 0 Å². The van der Waals surface area contributed by atoms with Crippen LogP contribution < -0.4 is 10.5 Å². The number of benzene rings is 1. The Hall–Kier alpha value is -0.670. The molecule has 2 unspecified atom stereocenters. The lowest BCUT2D eigenvalue weighted by Crippen LogP contribution is -2.40. The predicted octanol–water partition coefficient (Wildman–Crippen LogP) is 3.94. The zero-order valence-corrected chi connectivity index (χ0v) is 12.9. The van der Waals surface area contributed by atoms with Crippen molar-refractivity contribution in [1.82, 2.24) is 0 Å². The van der Waals surface area contributed by atoms with E-state index in [1.165, 1.54) is 4.90 Å². The van der Waals surface area contributed by atoms with Crippen LogP contribution in [0.25, 0.3) is 0 Å². The molecule has 1 aromatic rings. The lowest BCUT2D eigenvalue weighted by Gasteiger charge is -2.34. The second-order valence-electron chi connectivity index (χ2n) is 5.65. The average molecular weight is 267 g/mol. The van der Waals surface area contributed by atoms with Crippen LogP contribution in [0.5, 0.6) is 5.75 Å². The SMILES string of the molecule is CCC(N)C(Sc1ccc(OC)cc1)C(C)(C)C.